The van der Waals surface area contributed by atoms with E-state index in [-0.39, 0.29) is 6.04 Å². The highest BCUT2D eigenvalue weighted by Crippen LogP contribution is 2.08. The average molecular weight is 171 g/mol. The second-order valence-corrected chi connectivity index (χ2v) is 3.55. The fourth-order valence-corrected chi connectivity index (χ4v) is 1.25. The second kappa shape index (κ2) is 3.78. The van der Waals surface area contributed by atoms with E-state index in [0.717, 1.165) is 12.1 Å². The summed E-state index contributed by atoms with van der Waals surface area (Å²) >= 11 is 1.39. The van der Waals surface area contributed by atoms with Gasteiger partial charge in [0.15, 0.2) is 0 Å². The lowest BCUT2D eigenvalue weighted by atomic mass is 9.99. The van der Waals surface area contributed by atoms with Crippen LogP contribution in [0.4, 0.5) is 0 Å². The van der Waals surface area contributed by atoms with Crippen LogP contribution in [0.2, 0.25) is 0 Å². The lowest BCUT2D eigenvalue weighted by Crippen LogP contribution is -2.25. The maximum atomic E-state index is 5.71. The monoisotopic (exact) mass is 171 g/mol. The lowest BCUT2D eigenvalue weighted by Gasteiger charge is -2.12. The van der Waals surface area contributed by atoms with E-state index >= 15 is 0 Å². The molecule has 0 amide bonds. The van der Waals surface area contributed by atoms with Gasteiger partial charge >= 0.3 is 0 Å². The Bertz CT molecular complexity index is 195. The molecule has 4 heteroatoms. The van der Waals surface area contributed by atoms with E-state index in [9.17, 15) is 0 Å². The number of aromatic nitrogens is 2. The van der Waals surface area contributed by atoms with Crippen molar-refractivity contribution < 1.29 is 0 Å². The van der Waals surface area contributed by atoms with Gasteiger partial charge in [-0.1, -0.05) is 11.4 Å². The number of hydrogen-bond acceptors (Lipinski definition) is 4. The first-order valence-corrected chi connectivity index (χ1v) is 4.55. The zero-order chi connectivity index (χ0) is 8.27. The summed E-state index contributed by atoms with van der Waals surface area (Å²) in [5.41, 5.74) is 6.76. The normalized spacial score (nSPS) is 16.3. The number of hydrogen-bond donors (Lipinski definition) is 1. The van der Waals surface area contributed by atoms with Crippen LogP contribution in [0, 0.1) is 5.92 Å². The van der Waals surface area contributed by atoms with Crippen LogP contribution in [0.15, 0.2) is 5.38 Å². The first kappa shape index (κ1) is 8.62. The Labute approximate surface area is 70.8 Å². The zero-order valence-corrected chi connectivity index (χ0v) is 7.64. The van der Waals surface area contributed by atoms with Crippen molar-refractivity contribution in [3.63, 3.8) is 0 Å². The summed E-state index contributed by atoms with van der Waals surface area (Å²) in [6.07, 6.45) is 0.939. The van der Waals surface area contributed by atoms with Crippen LogP contribution in [-0.4, -0.2) is 15.6 Å². The first-order valence-electron chi connectivity index (χ1n) is 3.71. The Hall–Kier alpha value is -0.480. The molecule has 0 saturated carbocycles. The molecule has 2 N–H and O–H groups in total. The van der Waals surface area contributed by atoms with Crippen LogP contribution in [0.1, 0.15) is 19.5 Å². The van der Waals surface area contributed by atoms with Gasteiger partial charge in [-0.05, 0) is 30.8 Å². The predicted octanol–water partition coefficient (Wildman–Crippen LogP) is 1.06. The highest BCUT2D eigenvalue weighted by atomic mass is 32.1. The molecule has 0 radical (unpaired) electrons. The van der Waals surface area contributed by atoms with Crippen LogP contribution < -0.4 is 5.73 Å². The van der Waals surface area contributed by atoms with Crippen molar-refractivity contribution in [2.24, 2.45) is 11.7 Å². The summed E-state index contributed by atoms with van der Waals surface area (Å²) in [4.78, 5) is 0. The van der Waals surface area contributed by atoms with Crippen molar-refractivity contribution >= 4 is 11.5 Å². The molecule has 2 atom stereocenters. The Morgan fingerprint density at radius 2 is 2.36 bits per heavy atom. The van der Waals surface area contributed by atoms with Crippen LogP contribution in [0.25, 0.3) is 0 Å². The topological polar surface area (TPSA) is 51.8 Å². The fourth-order valence-electron chi connectivity index (χ4n) is 0.789. The molecule has 3 nitrogen and oxygen atoms in total. The van der Waals surface area contributed by atoms with Gasteiger partial charge in [0.1, 0.15) is 0 Å². The SMILES string of the molecule is CC(N)C(C)Cc1csnn1. The molecule has 62 valence electrons. The molecule has 0 aliphatic heterocycles. The third kappa shape index (κ3) is 2.55. The van der Waals surface area contributed by atoms with Crippen LogP contribution in [-0.2, 0) is 6.42 Å². The van der Waals surface area contributed by atoms with Gasteiger partial charge < -0.3 is 5.73 Å². The van der Waals surface area contributed by atoms with Gasteiger partial charge in [-0.3, -0.25) is 0 Å². The fraction of sp³-hybridized carbons (Fsp3) is 0.714. The van der Waals surface area contributed by atoms with E-state index in [1.165, 1.54) is 11.5 Å². The van der Waals surface area contributed by atoms with Crippen LogP contribution in [0.5, 0.6) is 0 Å². The van der Waals surface area contributed by atoms with E-state index < -0.39 is 0 Å². The zero-order valence-electron chi connectivity index (χ0n) is 6.82. The smallest absolute Gasteiger partial charge is 0.0758 e. The van der Waals surface area contributed by atoms with Crippen molar-refractivity contribution in [2.75, 3.05) is 0 Å². The van der Waals surface area contributed by atoms with Crippen molar-refractivity contribution in [2.45, 2.75) is 26.3 Å². The van der Waals surface area contributed by atoms with Crippen LogP contribution in [0.3, 0.4) is 0 Å². The summed E-state index contributed by atoms with van der Waals surface area (Å²) in [6.45, 7) is 4.15. The Kier molecular flexibility index (Phi) is 2.96. The molecule has 0 bridgehead atoms. The first-order chi connectivity index (χ1) is 5.20. The summed E-state index contributed by atoms with van der Waals surface area (Å²) < 4.78 is 3.79. The molecular weight excluding hydrogens is 158 g/mol. The standard InChI is InChI=1S/C7H13N3S/c1-5(6(2)8)3-7-4-11-10-9-7/h4-6H,3,8H2,1-2H3. The summed E-state index contributed by atoms with van der Waals surface area (Å²) in [5.74, 6) is 0.485. The Morgan fingerprint density at radius 1 is 1.64 bits per heavy atom. The van der Waals surface area contributed by atoms with E-state index in [0.29, 0.717) is 5.92 Å². The lowest BCUT2D eigenvalue weighted by molar-refractivity contribution is 0.476. The number of nitrogens with two attached hydrogens (primary N) is 1. The van der Waals surface area contributed by atoms with Gasteiger partial charge in [-0.15, -0.1) is 5.10 Å². The van der Waals surface area contributed by atoms with Gasteiger partial charge in [0, 0.05) is 11.4 Å². The highest BCUT2D eigenvalue weighted by molar-refractivity contribution is 7.03. The molecule has 2 unspecified atom stereocenters. The van der Waals surface area contributed by atoms with E-state index in [1.54, 1.807) is 0 Å². The van der Waals surface area contributed by atoms with E-state index in [4.69, 9.17) is 5.73 Å². The van der Waals surface area contributed by atoms with E-state index in [2.05, 4.69) is 16.5 Å². The van der Waals surface area contributed by atoms with Crippen molar-refractivity contribution in [1.29, 1.82) is 0 Å². The maximum Gasteiger partial charge on any atom is 0.0758 e. The van der Waals surface area contributed by atoms with Crippen LogP contribution >= 0.6 is 11.5 Å². The second-order valence-electron chi connectivity index (χ2n) is 2.94. The minimum absolute atomic E-state index is 0.233. The minimum atomic E-state index is 0.233. The average Bonchev–Trinajstić information content (AvgIpc) is 2.39. The van der Waals surface area contributed by atoms with Gasteiger partial charge in [0.05, 0.1) is 5.69 Å². The quantitative estimate of drug-likeness (QED) is 0.740. The van der Waals surface area contributed by atoms with Gasteiger partial charge in [0.25, 0.3) is 0 Å². The van der Waals surface area contributed by atoms with E-state index in [1.807, 2.05) is 12.3 Å². The van der Waals surface area contributed by atoms with Crippen molar-refractivity contribution in [1.82, 2.24) is 9.59 Å². The highest BCUT2D eigenvalue weighted by Gasteiger charge is 2.09. The molecule has 1 aromatic heterocycles. The van der Waals surface area contributed by atoms with Gasteiger partial charge in [-0.2, -0.15) is 0 Å². The molecule has 0 saturated heterocycles. The molecular formula is C7H13N3S. The molecule has 11 heavy (non-hydrogen) atoms. The molecule has 1 heterocycles. The summed E-state index contributed by atoms with van der Waals surface area (Å²) in [6, 6.07) is 0.233. The third-order valence-corrected chi connectivity index (χ3v) is 2.39. The molecule has 0 spiro atoms. The van der Waals surface area contributed by atoms with Gasteiger partial charge in [-0.25, -0.2) is 0 Å². The largest absolute Gasteiger partial charge is 0.328 e. The Morgan fingerprint density at radius 3 is 2.82 bits per heavy atom. The van der Waals surface area contributed by atoms with Crippen molar-refractivity contribution in [3.05, 3.63) is 11.1 Å². The molecule has 1 rings (SSSR count). The predicted molar refractivity (Wildman–Crippen MR) is 46.4 cm³/mol. The van der Waals surface area contributed by atoms with Gasteiger partial charge in [0.2, 0.25) is 0 Å². The minimum Gasteiger partial charge on any atom is -0.328 e. The Balaban J connectivity index is 2.43. The molecule has 0 aromatic carbocycles. The third-order valence-electron chi connectivity index (χ3n) is 1.83. The summed E-state index contributed by atoms with van der Waals surface area (Å²) in [5, 5.41) is 5.92. The molecule has 0 fully saturated rings. The van der Waals surface area contributed by atoms with Crippen molar-refractivity contribution in [3.8, 4) is 0 Å². The molecule has 0 aliphatic rings. The molecule has 1 aromatic rings. The summed E-state index contributed by atoms with van der Waals surface area (Å²) in [7, 11) is 0. The maximum absolute atomic E-state index is 5.71. The number of nitrogens with zero attached hydrogens (tertiary/aromatic N) is 2. The number of rotatable bonds is 3. The molecule has 0 aliphatic carbocycles.